The summed E-state index contributed by atoms with van der Waals surface area (Å²) in [7, 11) is 1.83. The van der Waals surface area contributed by atoms with Crippen LogP contribution < -0.4 is 16.0 Å². The summed E-state index contributed by atoms with van der Waals surface area (Å²) < 4.78 is 0. The van der Waals surface area contributed by atoms with Crippen LogP contribution in [0.15, 0.2) is 0 Å². The molecule has 4 N–H and O–H groups in total. The number of aryl methyl sites for hydroxylation is 1. The topological polar surface area (TPSA) is 108 Å². The third-order valence-corrected chi connectivity index (χ3v) is 4.76. The molecule has 2 aromatic heterocycles. The lowest BCUT2D eigenvalue weighted by molar-refractivity contribution is 0.116. The molecule has 26 heavy (non-hydrogen) atoms. The molecule has 0 radical (unpaired) electrons. The third kappa shape index (κ3) is 3.95. The largest absolute Gasteiger partial charge is 0.391 e. The van der Waals surface area contributed by atoms with E-state index in [0.717, 1.165) is 56.3 Å². The van der Waals surface area contributed by atoms with Crippen molar-refractivity contribution < 1.29 is 5.11 Å². The Balaban J connectivity index is 1.99. The zero-order chi connectivity index (χ0) is 18.5. The molecule has 3 rings (SSSR count). The van der Waals surface area contributed by atoms with Gasteiger partial charge >= 0.3 is 0 Å². The highest BCUT2D eigenvalue weighted by molar-refractivity contribution is 5.88. The van der Waals surface area contributed by atoms with Crippen molar-refractivity contribution in [3.63, 3.8) is 0 Å². The van der Waals surface area contributed by atoms with Gasteiger partial charge in [-0.05, 0) is 25.7 Å². The fourth-order valence-corrected chi connectivity index (χ4v) is 3.32. The lowest BCUT2D eigenvalue weighted by Gasteiger charge is -2.28. The number of hydrogen-bond donors (Lipinski definition) is 4. The average molecular weight is 359 g/mol. The quantitative estimate of drug-likeness (QED) is 0.597. The van der Waals surface area contributed by atoms with Crippen molar-refractivity contribution in [2.24, 2.45) is 0 Å². The maximum atomic E-state index is 10.2. The summed E-state index contributed by atoms with van der Waals surface area (Å²) in [5, 5.41) is 19.9. The first kappa shape index (κ1) is 18.6. The molecule has 1 saturated carbocycles. The highest BCUT2D eigenvalue weighted by Crippen LogP contribution is 2.26. The van der Waals surface area contributed by atoms with E-state index >= 15 is 0 Å². The van der Waals surface area contributed by atoms with Gasteiger partial charge in [-0.15, -0.1) is 0 Å². The van der Waals surface area contributed by atoms with E-state index in [9.17, 15) is 5.11 Å². The van der Waals surface area contributed by atoms with Crippen LogP contribution in [0.25, 0.3) is 11.0 Å². The molecule has 0 unspecified atom stereocenters. The van der Waals surface area contributed by atoms with E-state index in [1.807, 2.05) is 7.05 Å². The Hall–Kier alpha value is -2.22. The van der Waals surface area contributed by atoms with Crippen molar-refractivity contribution in [2.45, 2.75) is 64.5 Å². The molecule has 142 valence electrons. The molecule has 2 atom stereocenters. The van der Waals surface area contributed by atoms with Gasteiger partial charge in [0.15, 0.2) is 5.82 Å². The predicted octanol–water partition coefficient (Wildman–Crippen LogP) is 2.56. The molecule has 0 saturated heterocycles. The van der Waals surface area contributed by atoms with Crippen LogP contribution in [0.3, 0.4) is 0 Å². The van der Waals surface area contributed by atoms with Crippen LogP contribution >= 0.6 is 0 Å². The molecule has 0 bridgehead atoms. The number of hydrogen-bond acceptors (Lipinski definition) is 8. The van der Waals surface area contributed by atoms with Crippen molar-refractivity contribution in [2.75, 3.05) is 29.5 Å². The third-order valence-electron chi connectivity index (χ3n) is 4.76. The molecule has 8 nitrogen and oxygen atoms in total. The summed E-state index contributed by atoms with van der Waals surface area (Å²) in [4.78, 5) is 18.5. The van der Waals surface area contributed by atoms with Crippen LogP contribution in [0.2, 0.25) is 0 Å². The van der Waals surface area contributed by atoms with Crippen LogP contribution in [0, 0.1) is 0 Å². The smallest absolute Gasteiger partial charge is 0.225 e. The molecule has 1 fully saturated rings. The Morgan fingerprint density at radius 2 is 1.77 bits per heavy atom. The molecule has 1 aliphatic carbocycles. The van der Waals surface area contributed by atoms with Crippen molar-refractivity contribution in [1.29, 1.82) is 0 Å². The SMILES string of the molecule is CCCNc1nc(NC)c2nc(N[C@@H]3CCCC[C@H]3O)nc(CC)c2n1. The minimum absolute atomic E-state index is 0.00430. The maximum absolute atomic E-state index is 10.2. The Kier molecular flexibility index (Phi) is 6.03. The summed E-state index contributed by atoms with van der Waals surface area (Å²) in [6.45, 7) is 4.97. The van der Waals surface area contributed by atoms with Gasteiger partial charge in [0.2, 0.25) is 11.9 Å². The number of aromatic nitrogens is 4. The summed E-state index contributed by atoms with van der Waals surface area (Å²) in [5.74, 6) is 1.80. The number of nitrogens with zero attached hydrogens (tertiary/aromatic N) is 4. The molecule has 0 aliphatic heterocycles. The molecule has 0 amide bonds. The number of aliphatic hydroxyl groups excluding tert-OH is 1. The first-order chi connectivity index (χ1) is 12.7. The van der Waals surface area contributed by atoms with E-state index in [4.69, 9.17) is 0 Å². The van der Waals surface area contributed by atoms with Crippen LogP contribution in [-0.4, -0.2) is 50.8 Å². The standard InChI is InChI=1S/C18H29N7O/c1-4-10-20-17-23-14-11(5-2)21-18(24-15(14)16(19-3)25-17)22-12-8-6-7-9-13(12)26/h12-13,26H,4-10H2,1-3H3,(H,21,22,24)(H2,19,20,23,25)/t12-,13-/m1/s1. The fourth-order valence-electron chi connectivity index (χ4n) is 3.32. The van der Waals surface area contributed by atoms with E-state index < -0.39 is 0 Å². The predicted molar refractivity (Wildman–Crippen MR) is 105 cm³/mol. The van der Waals surface area contributed by atoms with Crippen molar-refractivity contribution in [3.05, 3.63) is 5.69 Å². The summed E-state index contributed by atoms with van der Waals surface area (Å²) in [6.07, 6.45) is 5.33. The van der Waals surface area contributed by atoms with Gasteiger partial charge in [0.1, 0.15) is 11.0 Å². The molecular formula is C18H29N7O. The Morgan fingerprint density at radius 3 is 2.46 bits per heavy atom. The Labute approximate surface area is 154 Å². The zero-order valence-electron chi connectivity index (χ0n) is 15.8. The second-order valence-corrected chi connectivity index (χ2v) is 6.72. The summed E-state index contributed by atoms with van der Waals surface area (Å²) in [6, 6.07) is -0.00430. The van der Waals surface area contributed by atoms with E-state index in [-0.39, 0.29) is 12.1 Å². The number of rotatable bonds is 7. The Morgan fingerprint density at radius 1 is 1.00 bits per heavy atom. The average Bonchev–Trinajstić information content (AvgIpc) is 2.67. The van der Waals surface area contributed by atoms with E-state index in [2.05, 4.69) is 49.7 Å². The molecule has 2 aromatic rings. The van der Waals surface area contributed by atoms with E-state index in [0.29, 0.717) is 23.2 Å². The molecule has 8 heteroatoms. The lowest BCUT2D eigenvalue weighted by Crippen LogP contribution is -2.37. The van der Waals surface area contributed by atoms with Gasteiger partial charge in [-0.2, -0.15) is 4.98 Å². The van der Waals surface area contributed by atoms with Crippen LogP contribution in [0.4, 0.5) is 17.7 Å². The van der Waals surface area contributed by atoms with E-state index in [1.165, 1.54) is 0 Å². The summed E-state index contributed by atoms with van der Waals surface area (Å²) in [5.41, 5.74) is 2.34. The summed E-state index contributed by atoms with van der Waals surface area (Å²) >= 11 is 0. The number of aliphatic hydroxyl groups is 1. The fraction of sp³-hybridized carbons (Fsp3) is 0.667. The second kappa shape index (κ2) is 8.44. The van der Waals surface area contributed by atoms with Gasteiger partial charge in [-0.1, -0.05) is 26.7 Å². The maximum Gasteiger partial charge on any atom is 0.225 e. The minimum atomic E-state index is -0.353. The van der Waals surface area contributed by atoms with Gasteiger partial charge in [-0.25, -0.2) is 15.0 Å². The monoisotopic (exact) mass is 359 g/mol. The molecule has 1 aliphatic rings. The van der Waals surface area contributed by atoms with Crippen molar-refractivity contribution >= 4 is 28.7 Å². The van der Waals surface area contributed by atoms with Crippen LogP contribution in [0.1, 0.15) is 51.6 Å². The molecule has 0 spiro atoms. The first-order valence-corrected chi connectivity index (χ1v) is 9.61. The second-order valence-electron chi connectivity index (χ2n) is 6.72. The number of nitrogens with one attached hydrogen (secondary N) is 3. The van der Waals surface area contributed by atoms with Crippen molar-refractivity contribution in [3.8, 4) is 0 Å². The van der Waals surface area contributed by atoms with Crippen LogP contribution in [-0.2, 0) is 6.42 Å². The first-order valence-electron chi connectivity index (χ1n) is 9.61. The highest BCUT2D eigenvalue weighted by atomic mass is 16.3. The highest BCUT2D eigenvalue weighted by Gasteiger charge is 2.24. The van der Waals surface area contributed by atoms with Gasteiger partial charge in [-0.3, -0.25) is 0 Å². The lowest BCUT2D eigenvalue weighted by atomic mass is 9.93. The molecule has 0 aromatic carbocycles. The van der Waals surface area contributed by atoms with E-state index in [1.54, 1.807) is 0 Å². The number of anilines is 3. The van der Waals surface area contributed by atoms with Crippen LogP contribution in [0.5, 0.6) is 0 Å². The molecule has 2 heterocycles. The zero-order valence-corrected chi connectivity index (χ0v) is 15.8. The van der Waals surface area contributed by atoms with Gasteiger partial charge < -0.3 is 21.1 Å². The van der Waals surface area contributed by atoms with Gasteiger partial charge in [0.25, 0.3) is 0 Å². The Bertz CT molecular complexity index is 752. The molecular weight excluding hydrogens is 330 g/mol. The normalized spacial score (nSPS) is 20.2. The van der Waals surface area contributed by atoms with Crippen molar-refractivity contribution in [1.82, 2.24) is 19.9 Å². The minimum Gasteiger partial charge on any atom is -0.391 e. The number of fused-ring (bicyclic) bond motifs is 1. The van der Waals surface area contributed by atoms with Gasteiger partial charge in [0, 0.05) is 13.6 Å². The van der Waals surface area contributed by atoms with Gasteiger partial charge in [0.05, 0.1) is 17.8 Å².